The summed E-state index contributed by atoms with van der Waals surface area (Å²) < 4.78 is 5.84. The molecule has 1 unspecified atom stereocenters. The first kappa shape index (κ1) is 13.7. The van der Waals surface area contributed by atoms with Gasteiger partial charge in [-0.1, -0.05) is 24.3 Å². The molecule has 21 heavy (non-hydrogen) atoms. The summed E-state index contributed by atoms with van der Waals surface area (Å²) in [5, 5.41) is 9.09. The fourth-order valence-corrected chi connectivity index (χ4v) is 2.82. The zero-order valence-corrected chi connectivity index (χ0v) is 11.9. The molecule has 3 heteroatoms. The molecule has 1 aliphatic rings. The van der Waals surface area contributed by atoms with Crippen LogP contribution in [-0.2, 0) is 13.0 Å². The number of nitriles is 1. The molecule has 0 fully saturated rings. The number of fused-ring (bicyclic) bond motifs is 1. The van der Waals surface area contributed by atoms with Crippen molar-refractivity contribution in [2.45, 2.75) is 31.9 Å². The predicted molar refractivity (Wildman–Crippen MR) is 81.8 cm³/mol. The molecule has 0 radical (unpaired) electrons. The third-order valence-electron chi connectivity index (χ3n) is 4.01. The average Bonchev–Trinajstić information content (AvgIpc) is 2.54. The van der Waals surface area contributed by atoms with Crippen molar-refractivity contribution in [3.05, 3.63) is 64.7 Å². The minimum absolute atomic E-state index is 0.115. The Bertz CT molecular complexity index is 688. The van der Waals surface area contributed by atoms with Crippen LogP contribution in [0.4, 0.5) is 0 Å². The number of benzene rings is 2. The van der Waals surface area contributed by atoms with Gasteiger partial charge in [0.25, 0.3) is 0 Å². The molecular weight excluding hydrogens is 260 g/mol. The number of hydrogen-bond donors (Lipinski definition) is 1. The Balaban J connectivity index is 1.77. The van der Waals surface area contributed by atoms with Gasteiger partial charge in [-0.3, -0.25) is 0 Å². The van der Waals surface area contributed by atoms with Crippen molar-refractivity contribution < 1.29 is 4.74 Å². The van der Waals surface area contributed by atoms with E-state index in [1.165, 1.54) is 11.1 Å². The van der Waals surface area contributed by atoms with E-state index in [-0.39, 0.29) is 6.04 Å². The van der Waals surface area contributed by atoms with Crippen molar-refractivity contribution in [1.82, 2.24) is 0 Å². The van der Waals surface area contributed by atoms with E-state index >= 15 is 0 Å². The Morgan fingerprint density at radius 2 is 2.10 bits per heavy atom. The van der Waals surface area contributed by atoms with Crippen molar-refractivity contribution in [2.24, 2.45) is 5.73 Å². The van der Waals surface area contributed by atoms with Crippen LogP contribution >= 0.6 is 0 Å². The fraction of sp³-hybridized carbons (Fsp3) is 0.278. The molecule has 0 amide bonds. The highest BCUT2D eigenvalue weighted by Crippen LogP contribution is 2.31. The lowest BCUT2D eigenvalue weighted by Crippen LogP contribution is -2.17. The number of nitrogens with zero attached hydrogens (tertiary/aromatic N) is 1. The lowest BCUT2D eigenvalue weighted by molar-refractivity contribution is 0.305. The van der Waals surface area contributed by atoms with Crippen molar-refractivity contribution in [1.29, 1.82) is 5.26 Å². The first-order valence-electron chi connectivity index (χ1n) is 7.27. The monoisotopic (exact) mass is 278 g/mol. The van der Waals surface area contributed by atoms with Crippen LogP contribution < -0.4 is 10.5 Å². The van der Waals surface area contributed by atoms with Gasteiger partial charge in [-0.25, -0.2) is 0 Å². The summed E-state index contributed by atoms with van der Waals surface area (Å²) in [4.78, 5) is 0. The minimum Gasteiger partial charge on any atom is -0.489 e. The van der Waals surface area contributed by atoms with Crippen LogP contribution in [0, 0.1) is 11.3 Å². The van der Waals surface area contributed by atoms with Gasteiger partial charge < -0.3 is 10.5 Å². The zero-order chi connectivity index (χ0) is 14.7. The Morgan fingerprint density at radius 1 is 1.24 bits per heavy atom. The largest absolute Gasteiger partial charge is 0.489 e. The van der Waals surface area contributed by atoms with Gasteiger partial charge in [0.05, 0.1) is 11.6 Å². The summed E-state index contributed by atoms with van der Waals surface area (Å²) in [6.07, 6.45) is 3.29. The quantitative estimate of drug-likeness (QED) is 0.935. The second-order valence-electron chi connectivity index (χ2n) is 5.42. The number of ether oxygens (including phenoxy) is 1. The SMILES string of the molecule is N#Cc1ccccc1COc1ccc2c(c1)C(N)CCC2. The molecule has 1 atom stereocenters. The van der Waals surface area contributed by atoms with Gasteiger partial charge in [0, 0.05) is 11.6 Å². The number of nitrogens with two attached hydrogens (primary N) is 1. The van der Waals surface area contributed by atoms with Crippen molar-refractivity contribution >= 4 is 0 Å². The van der Waals surface area contributed by atoms with Crippen LogP contribution in [-0.4, -0.2) is 0 Å². The molecule has 0 spiro atoms. The maximum Gasteiger partial charge on any atom is 0.120 e. The topological polar surface area (TPSA) is 59.0 Å². The Labute approximate surface area is 125 Å². The van der Waals surface area contributed by atoms with Gasteiger partial charge in [0.2, 0.25) is 0 Å². The molecule has 1 aliphatic carbocycles. The Hall–Kier alpha value is -2.31. The van der Waals surface area contributed by atoms with Gasteiger partial charge >= 0.3 is 0 Å². The summed E-state index contributed by atoms with van der Waals surface area (Å²) in [5.41, 5.74) is 10.3. The van der Waals surface area contributed by atoms with E-state index in [1.807, 2.05) is 36.4 Å². The molecule has 106 valence electrons. The lowest BCUT2D eigenvalue weighted by Gasteiger charge is -2.22. The van der Waals surface area contributed by atoms with Gasteiger partial charge in [-0.15, -0.1) is 0 Å². The van der Waals surface area contributed by atoms with E-state index in [0.29, 0.717) is 12.2 Å². The molecular formula is C18H18N2O. The van der Waals surface area contributed by atoms with Crippen molar-refractivity contribution in [2.75, 3.05) is 0 Å². The van der Waals surface area contributed by atoms with Crippen molar-refractivity contribution in [3.8, 4) is 11.8 Å². The fourth-order valence-electron chi connectivity index (χ4n) is 2.82. The van der Waals surface area contributed by atoms with Gasteiger partial charge in [0.15, 0.2) is 0 Å². The van der Waals surface area contributed by atoms with Crippen LogP contribution in [0.2, 0.25) is 0 Å². The highest BCUT2D eigenvalue weighted by Gasteiger charge is 2.17. The lowest BCUT2D eigenvalue weighted by atomic mass is 9.88. The second kappa shape index (κ2) is 5.99. The van der Waals surface area contributed by atoms with E-state index in [1.54, 1.807) is 0 Å². The predicted octanol–water partition coefficient (Wildman–Crippen LogP) is 3.47. The zero-order valence-electron chi connectivity index (χ0n) is 11.9. The third kappa shape index (κ3) is 2.91. The van der Waals surface area contributed by atoms with Gasteiger partial charge in [0.1, 0.15) is 12.4 Å². The summed E-state index contributed by atoms with van der Waals surface area (Å²) in [6.45, 7) is 0.401. The van der Waals surface area contributed by atoms with E-state index in [2.05, 4.69) is 12.1 Å². The molecule has 3 rings (SSSR count). The first-order valence-corrected chi connectivity index (χ1v) is 7.27. The number of aryl methyl sites for hydroxylation is 1. The summed E-state index contributed by atoms with van der Waals surface area (Å²) in [6, 6.07) is 16.0. The van der Waals surface area contributed by atoms with E-state index in [0.717, 1.165) is 30.6 Å². The molecule has 0 aliphatic heterocycles. The summed E-state index contributed by atoms with van der Waals surface area (Å²) in [7, 11) is 0. The minimum atomic E-state index is 0.115. The highest BCUT2D eigenvalue weighted by molar-refractivity contribution is 5.40. The first-order chi connectivity index (χ1) is 10.3. The van der Waals surface area contributed by atoms with Crippen LogP contribution in [0.25, 0.3) is 0 Å². The van der Waals surface area contributed by atoms with E-state index < -0.39 is 0 Å². The molecule has 3 nitrogen and oxygen atoms in total. The van der Waals surface area contributed by atoms with Crippen LogP contribution in [0.1, 0.15) is 41.1 Å². The molecule has 0 saturated heterocycles. The molecule has 2 N–H and O–H groups in total. The highest BCUT2D eigenvalue weighted by atomic mass is 16.5. The molecule has 0 bridgehead atoms. The van der Waals surface area contributed by atoms with Crippen LogP contribution in [0.3, 0.4) is 0 Å². The van der Waals surface area contributed by atoms with Gasteiger partial charge in [-0.05, 0) is 48.6 Å². The number of rotatable bonds is 3. The number of hydrogen-bond acceptors (Lipinski definition) is 3. The molecule has 0 aromatic heterocycles. The third-order valence-corrected chi connectivity index (χ3v) is 4.01. The Kier molecular flexibility index (Phi) is 3.89. The molecule has 0 heterocycles. The maximum absolute atomic E-state index is 9.09. The summed E-state index contributed by atoms with van der Waals surface area (Å²) in [5.74, 6) is 0.818. The van der Waals surface area contributed by atoms with Gasteiger partial charge in [-0.2, -0.15) is 5.26 Å². The molecule has 2 aromatic carbocycles. The smallest absolute Gasteiger partial charge is 0.120 e. The molecule has 0 saturated carbocycles. The maximum atomic E-state index is 9.09. The average molecular weight is 278 g/mol. The second-order valence-corrected chi connectivity index (χ2v) is 5.42. The van der Waals surface area contributed by atoms with Crippen LogP contribution in [0.15, 0.2) is 42.5 Å². The van der Waals surface area contributed by atoms with Crippen LogP contribution in [0.5, 0.6) is 5.75 Å². The Morgan fingerprint density at radius 3 is 2.95 bits per heavy atom. The van der Waals surface area contributed by atoms with Crippen molar-refractivity contribution in [3.63, 3.8) is 0 Å². The standard InChI is InChI=1S/C18H18N2O/c19-11-14-4-1-2-5-15(14)12-21-16-9-8-13-6-3-7-18(20)17(13)10-16/h1-2,4-5,8-10,18H,3,6-7,12,20H2. The molecule has 2 aromatic rings. The van der Waals surface area contributed by atoms with E-state index in [4.69, 9.17) is 15.7 Å². The summed E-state index contributed by atoms with van der Waals surface area (Å²) >= 11 is 0. The normalized spacial score (nSPS) is 16.9. The van der Waals surface area contributed by atoms with E-state index in [9.17, 15) is 0 Å².